The van der Waals surface area contributed by atoms with E-state index in [-0.39, 0.29) is 0 Å². The molecule has 3 aromatic carbocycles. The Labute approximate surface area is 169 Å². The van der Waals surface area contributed by atoms with E-state index in [9.17, 15) is 0 Å². The van der Waals surface area contributed by atoms with Crippen LogP contribution in [0, 0.1) is 0 Å². The molecule has 2 aliphatic heterocycles. The van der Waals surface area contributed by atoms with Crippen molar-refractivity contribution in [3.05, 3.63) is 78.4 Å². The molecule has 0 atom stereocenters. The van der Waals surface area contributed by atoms with Gasteiger partial charge in [0.05, 0.1) is 17.1 Å². The van der Waals surface area contributed by atoms with Gasteiger partial charge in [-0.15, -0.1) is 0 Å². The summed E-state index contributed by atoms with van der Waals surface area (Å²) in [4.78, 5) is 12.4. The summed E-state index contributed by atoms with van der Waals surface area (Å²) in [5, 5.41) is 0. The predicted octanol–water partition coefficient (Wildman–Crippen LogP) is 4.63. The maximum atomic E-state index is 6.18. The second-order valence-corrected chi connectivity index (χ2v) is 8.12. The van der Waals surface area contributed by atoms with Crippen LogP contribution in [0.1, 0.15) is 5.56 Å². The van der Waals surface area contributed by atoms with Gasteiger partial charge in [-0.05, 0) is 30.3 Å². The third-order valence-electron chi connectivity index (χ3n) is 5.30. The number of hydrogen-bond acceptors (Lipinski definition) is 5. The molecular weight excluding hydrogens is 364 g/mol. The first-order chi connectivity index (χ1) is 13.8. The van der Waals surface area contributed by atoms with Crippen molar-refractivity contribution in [1.29, 1.82) is 0 Å². The summed E-state index contributed by atoms with van der Waals surface area (Å²) in [5.41, 5.74) is 10.4. The molecule has 1 fully saturated rings. The van der Waals surface area contributed by atoms with Gasteiger partial charge in [0.25, 0.3) is 0 Å². The average Bonchev–Trinajstić information content (AvgIpc) is 2.91. The van der Waals surface area contributed by atoms with Crippen LogP contribution < -0.4 is 10.6 Å². The second kappa shape index (κ2) is 7.24. The van der Waals surface area contributed by atoms with Crippen LogP contribution in [0.3, 0.4) is 0 Å². The molecule has 5 heteroatoms. The minimum absolute atomic E-state index is 0.846. The summed E-state index contributed by atoms with van der Waals surface area (Å²) in [6.07, 6.45) is 0. The summed E-state index contributed by atoms with van der Waals surface area (Å²) in [6.45, 7) is 3.72. The zero-order valence-corrected chi connectivity index (χ0v) is 16.4. The fourth-order valence-electron chi connectivity index (χ4n) is 3.84. The van der Waals surface area contributed by atoms with E-state index < -0.39 is 0 Å². The monoisotopic (exact) mass is 386 g/mol. The maximum absolute atomic E-state index is 6.18. The topological polar surface area (TPSA) is 44.9 Å². The summed E-state index contributed by atoms with van der Waals surface area (Å²) in [7, 11) is 0. The summed E-state index contributed by atoms with van der Waals surface area (Å²) >= 11 is 1.80. The van der Waals surface area contributed by atoms with Gasteiger partial charge in [0.2, 0.25) is 0 Å². The fraction of sp³-hybridized carbons (Fsp3) is 0.174. The number of nitrogens with zero attached hydrogens (tertiary/aromatic N) is 3. The van der Waals surface area contributed by atoms with Gasteiger partial charge < -0.3 is 15.5 Å². The van der Waals surface area contributed by atoms with E-state index in [0.717, 1.165) is 49.1 Å². The van der Waals surface area contributed by atoms with Crippen LogP contribution >= 0.6 is 11.8 Å². The van der Waals surface area contributed by atoms with Crippen molar-refractivity contribution in [2.75, 3.05) is 36.8 Å². The Balaban J connectivity index is 1.46. The molecule has 0 aromatic heterocycles. The Bertz CT molecular complexity index is 1040. The van der Waals surface area contributed by atoms with Crippen molar-refractivity contribution in [1.82, 2.24) is 4.90 Å². The number of amidine groups is 1. The number of anilines is 2. The van der Waals surface area contributed by atoms with E-state index in [1.54, 1.807) is 11.8 Å². The van der Waals surface area contributed by atoms with Gasteiger partial charge in [-0.25, -0.2) is 4.99 Å². The van der Waals surface area contributed by atoms with Gasteiger partial charge >= 0.3 is 0 Å². The van der Waals surface area contributed by atoms with Gasteiger partial charge in [0.15, 0.2) is 0 Å². The summed E-state index contributed by atoms with van der Waals surface area (Å²) in [6, 6.07) is 25.1. The molecule has 1 saturated heterocycles. The van der Waals surface area contributed by atoms with Gasteiger partial charge in [-0.2, -0.15) is 0 Å². The van der Waals surface area contributed by atoms with E-state index in [4.69, 9.17) is 10.7 Å². The highest BCUT2D eigenvalue weighted by atomic mass is 32.2. The molecule has 0 aliphatic carbocycles. The molecule has 28 heavy (non-hydrogen) atoms. The number of piperazine rings is 1. The zero-order valence-electron chi connectivity index (χ0n) is 15.6. The van der Waals surface area contributed by atoms with Crippen LogP contribution in [0.5, 0.6) is 0 Å². The number of aliphatic imine (C=N–C) groups is 1. The molecule has 5 rings (SSSR count). The van der Waals surface area contributed by atoms with Gasteiger partial charge in [0.1, 0.15) is 5.84 Å². The lowest BCUT2D eigenvalue weighted by Crippen LogP contribution is -2.49. The van der Waals surface area contributed by atoms with Crippen molar-refractivity contribution < 1.29 is 0 Å². The Morgan fingerprint density at radius 2 is 1.36 bits per heavy atom. The molecule has 0 bridgehead atoms. The van der Waals surface area contributed by atoms with Crippen molar-refractivity contribution in [3.63, 3.8) is 0 Å². The van der Waals surface area contributed by atoms with Gasteiger partial charge in [-0.1, -0.05) is 54.2 Å². The van der Waals surface area contributed by atoms with E-state index in [1.807, 2.05) is 12.1 Å². The number of benzene rings is 3. The molecule has 0 saturated carbocycles. The van der Waals surface area contributed by atoms with E-state index in [0.29, 0.717) is 0 Å². The lowest BCUT2D eigenvalue weighted by Gasteiger charge is -2.38. The molecule has 2 N–H and O–H groups in total. The van der Waals surface area contributed by atoms with E-state index in [2.05, 4.69) is 70.5 Å². The maximum Gasteiger partial charge on any atom is 0.137 e. The molecular formula is C23H22N4S. The Hall–Kier alpha value is -2.92. The van der Waals surface area contributed by atoms with Crippen molar-refractivity contribution in [2.45, 2.75) is 9.79 Å². The normalized spacial score (nSPS) is 16.1. The van der Waals surface area contributed by atoms with Crippen molar-refractivity contribution >= 4 is 34.7 Å². The minimum atomic E-state index is 0.846. The molecule has 0 unspecified atom stereocenters. The molecule has 3 aromatic rings. The third-order valence-corrected chi connectivity index (χ3v) is 6.44. The Morgan fingerprint density at radius 1 is 0.714 bits per heavy atom. The number of fused-ring (bicyclic) bond motifs is 2. The molecule has 4 nitrogen and oxygen atoms in total. The Kier molecular flexibility index (Phi) is 4.45. The highest BCUT2D eigenvalue weighted by molar-refractivity contribution is 7.99. The molecule has 0 amide bonds. The smallest absolute Gasteiger partial charge is 0.137 e. The molecule has 2 heterocycles. The fourth-order valence-corrected chi connectivity index (χ4v) is 4.86. The SMILES string of the molecule is Nc1ccccc1N1CCN(C2=Nc3ccccc3Sc3ccccc32)CC1. The van der Waals surface area contributed by atoms with E-state index in [1.165, 1.54) is 15.4 Å². The van der Waals surface area contributed by atoms with Crippen LogP contribution in [0.25, 0.3) is 0 Å². The zero-order chi connectivity index (χ0) is 18.9. The molecule has 0 radical (unpaired) electrons. The number of rotatable bonds is 1. The van der Waals surface area contributed by atoms with Crippen LogP contribution in [-0.4, -0.2) is 36.9 Å². The van der Waals surface area contributed by atoms with Gasteiger partial charge in [-0.3, -0.25) is 0 Å². The van der Waals surface area contributed by atoms with Crippen molar-refractivity contribution in [2.24, 2.45) is 4.99 Å². The third kappa shape index (κ3) is 3.12. The van der Waals surface area contributed by atoms with Crippen molar-refractivity contribution in [3.8, 4) is 0 Å². The second-order valence-electron chi connectivity index (χ2n) is 7.03. The standard InChI is InChI=1S/C23H22N4S/c24-18-8-2-4-10-20(18)26-13-15-27(16-14-26)23-17-7-1-5-11-21(17)28-22-12-6-3-9-19(22)25-23/h1-12H,13-16,24H2. The molecule has 0 spiro atoms. The number of nitrogens with two attached hydrogens (primary N) is 1. The highest BCUT2D eigenvalue weighted by Gasteiger charge is 2.25. The average molecular weight is 387 g/mol. The number of nitrogen functional groups attached to an aromatic ring is 1. The first-order valence-electron chi connectivity index (χ1n) is 9.59. The van der Waals surface area contributed by atoms with Gasteiger partial charge in [0, 0.05) is 41.5 Å². The first kappa shape index (κ1) is 17.2. The molecule has 140 valence electrons. The predicted molar refractivity (Wildman–Crippen MR) is 118 cm³/mol. The largest absolute Gasteiger partial charge is 0.397 e. The lowest BCUT2D eigenvalue weighted by molar-refractivity contribution is 0.386. The van der Waals surface area contributed by atoms with E-state index >= 15 is 0 Å². The lowest BCUT2D eigenvalue weighted by atomic mass is 10.1. The number of para-hydroxylation sites is 3. The first-order valence-corrected chi connectivity index (χ1v) is 10.4. The van der Waals surface area contributed by atoms with Crippen LogP contribution in [0.4, 0.5) is 17.1 Å². The van der Waals surface area contributed by atoms with Crippen LogP contribution in [-0.2, 0) is 0 Å². The summed E-state index contributed by atoms with van der Waals surface area (Å²) < 4.78 is 0. The highest BCUT2D eigenvalue weighted by Crippen LogP contribution is 2.40. The van der Waals surface area contributed by atoms with Crippen LogP contribution in [0.15, 0.2) is 87.6 Å². The quantitative estimate of drug-likeness (QED) is 0.619. The Morgan fingerprint density at radius 3 is 2.18 bits per heavy atom. The molecule has 2 aliphatic rings. The number of hydrogen-bond donors (Lipinski definition) is 1. The summed E-state index contributed by atoms with van der Waals surface area (Å²) in [5.74, 6) is 1.08. The van der Waals surface area contributed by atoms with Crippen LogP contribution in [0.2, 0.25) is 0 Å². The minimum Gasteiger partial charge on any atom is -0.397 e.